The summed E-state index contributed by atoms with van der Waals surface area (Å²) >= 11 is 0. The minimum atomic E-state index is -0.332. The van der Waals surface area contributed by atoms with E-state index in [0.717, 1.165) is 25.5 Å². The Bertz CT molecular complexity index is 141. The van der Waals surface area contributed by atoms with Crippen LogP contribution in [0.4, 0.5) is 0 Å². The molecule has 0 aromatic heterocycles. The van der Waals surface area contributed by atoms with E-state index in [2.05, 4.69) is 0 Å². The molecular weight excluding hydrogens is 152 g/mol. The van der Waals surface area contributed by atoms with Crippen molar-refractivity contribution >= 4 is 12.1 Å². The van der Waals surface area contributed by atoms with Crippen LogP contribution in [0.5, 0.6) is 0 Å². The third-order valence-electron chi connectivity index (χ3n) is 1.95. The van der Waals surface area contributed by atoms with Gasteiger partial charge in [0.25, 0.3) is 0 Å². The van der Waals surface area contributed by atoms with Crippen LogP contribution in [-0.2, 0) is 9.59 Å². The molecule has 0 bridgehead atoms. The van der Waals surface area contributed by atoms with Crippen molar-refractivity contribution in [3.63, 3.8) is 0 Å². The lowest BCUT2D eigenvalue weighted by molar-refractivity contribution is -0.127. The monoisotopic (exact) mass is 170 g/mol. The van der Waals surface area contributed by atoms with E-state index in [1.165, 1.54) is 0 Å². The summed E-state index contributed by atoms with van der Waals surface area (Å²) in [4.78, 5) is 21.8. The highest BCUT2D eigenvalue weighted by atomic mass is 16.1. The standard InChI is InChI=1S/C10H18O2/c1-3-5-7-10(12)9(8-11)6-4-2/h8-9H,3-7H2,1-2H3. The number of carbonyl (C=O) groups is 2. The second kappa shape index (κ2) is 7.01. The number of Topliss-reactive ketones (excluding diaryl/α,β-unsaturated/α-hetero) is 1. The van der Waals surface area contributed by atoms with Crippen LogP contribution in [0.15, 0.2) is 0 Å². The molecule has 0 N–H and O–H groups in total. The van der Waals surface area contributed by atoms with Crippen LogP contribution in [0.1, 0.15) is 46.0 Å². The largest absolute Gasteiger partial charge is 0.303 e. The number of unbranched alkanes of at least 4 members (excludes halogenated alkanes) is 1. The van der Waals surface area contributed by atoms with Gasteiger partial charge in [0.05, 0.1) is 5.92 Å². The van der Waals surface area contributed by atoms with E-state index in [1.54, 1.807) is 0 Å². The summed E-state index contributed by atoms with van der Waals surface area (Å²) in [5.41, 5.74) is 0. The lowest BCUT2D eigenvalue weighted by Crippen LogP contribution is -2.15. The van der Waals surface area contributed by atoms with Crippen molar-refractivity contribution in [3.05, 3.63) is 0 Å². The van der Waals surface area contributed by atoms with E-state index in [4.69, 9.17) is 0 Å². The zero-order valence-electron chi connectivity index (χ0n) is 8.01. The average Bonchev–Trinajstić information content (AvgIpc) is 2.10. The second-order valence-electron chi connectivity index (χ2n) is 3.10. The summed E-state index contributed by atoms with van der Waals surface area (Å²) in [6.07, 6.45) is 4.91. The van der Waals surface area contributed by atoms with Gasteiger partial charge in [-0.2, -0.15) is 0 Å². The molecule has 12 heavy (non-hydrogen) atoms. The van der Waals surface area contributed by atoms with E-state index >= 15 is 0 Å². The van der Waals surface area contributed by atoms with Gasteiger partial charge < -0.3 is 4.79 Å². The van der Waals surface area contributed by atoms with E-state index in [9.17, 15) is 9.59 Å². The molecule has 0 aliphatic rings. The highest BCUT2D eigenvalue weighted by Crippen LogP contribution is 2.09. The van der Waals surface area contributed by atoms with Crippen molar-refractivity contribution in [2.45, 2.75) is 46.0 Å². The third kappa shape index (κ3) is 4.27. The summed E-state index contributed by atoms with van der Waals surface area (Å²) in [7, 11) is 0. The summed E-state index contributed by atoms with van der Waals surface area (Å²) in [5.74, 6) is -0.213. The maximum Gasteiger partial charge on any atom is 0.143 e. The molecule has 0 rings (SSSR count). The van der Waals surface area contributed by atoms with Crippen LogP contribution in [0.3, 0.4) is 0 Å². The van der Waals surface area contributed by atoms with E-state index in [-0.39, 0.29) is 11.7 Å². The van der Waals surface area contributed by atoms with Gasteiger partial charge in [-0.3, -0.25) is 4.79 Å². The molecule has 0 heterocycles. The van der Waals surface area contributed by atoms with Gasteiger partial charge in [0.2, 0.25) is 0 Å². The number of aldehydes is 1. The Kier molecular flexibility index (Phi) is 6.63. The first-order valence-electron chi connectivity index (χ1n) is 4.74. The van der Waals surface area contributed by atoms with Gasteiger partial charge in [-0.05, 0) is 12.8 Å². The van der Waals surface area contributed by atoms with Gasteiger partial charge in [0.15, 0.2) is 0 Å². The van der Waals surface area contributed by atoms with Crippen molar-refractivity contribution in [1.82, 2.24) is 0 Å². The summed E-state index contributed by atoms with van der Waals surface area (Å²) in [5, 5.41) is 0. The summed E-state index contributed by atoms with van der Waals surface area (Å²) in [6.45, 7) is 4.03. The maximum atomic E-state index is 11.3. The molecule has 0 radical (unpaired) electrons. The predicted molar refractivity (Wildman–Crippen MR) is 49.0 cm³/mol. The molecule has 1 unspecified atom stereocenters. The molecule has 2 nitrogen and oxygen atoms in total. The Morgan fingerprint density at radius 1 is 1.33 bits per heavy atom. The van der Waals surface area contributed by atoms with Crippen LogP contribution in [-0.4, -0.2) is 12.1 Å². The molecule has 0 aromatic carbocycles. The van der Waals surface area contributed by atoms with Crippen LogP contribution in [0, 0.1) is 5.92 Å². The molecule has 0 saturated carbocycles. The Hall–Kier alpha value is -0.660. The molecule has 0 spiro atoms. The van der Waals surface area contributed by atoms with Gasteiger partial charge in [-0.15, -0.1) is 0 Å². The van der Waals surface area contributed by atoms with Crippen molar-refractivity contribution in [3.8, 4) is 0 Å². The summed E-state index contributed by atoms with van der Waals surface area (Å²) in [6, 6.07) is 0. The average molecular weight is 170 g/mol. The first-order chi connectivity index (χ1) is 5.76. The van der Waals surface area contributed by atoms with E-state index in [0.29, 0.717) is 12.8 Å². The smallest absolute Gasteiger partial charge is 0.143 e. The zero-order valence-corrected chi connectivity index (χ0v) is 8.01. The fraction of sp³-hybridized carbons (Fsp3) is 0.800. The van der Waals surface area contributed by atoms with Gasteiger partial charge in [-0.1, -0.05) is 26.7 Å². The van der Waals surface area contributed by atoms with Crippen molar-refractivity contribution in [2.24, 2.45) is 5.92 Å². The number of rotatable bonds is 7. The van der Waals surface area contributed by atoms with Gasteiger partial charge in [0, 0.05) is 6.42 Å². The van der Waals surface area contributed by atoms with Crippen molar-refractivity contribution in [2.75, 3.05) is 0 Å². The minimum absolute atomic E-state index is 0.119. The van der Waals surface area contributed by atoms with E-state index < -0.39 is 0 Å². The van der Waals surface area contributed by atoms with E-state index in [1.807, 2.05) is 13.8 Å². The number of hydrogen-bond donors (Lipinski definition) is 0. The predicted octanol–water partition coefficient (Wildman–Crippen LogP) is 2.36. The Morgan fingerprint density at radius 3 is 2.42 bits per heavy atom. The molecule has 70 valence electrons. The second-order valence-corrected chi connectivity index (χ2v) is 3.10. The minimum Gasteiger partial charge on any atom is -0.303 e. The maximum absolute atomic E-state index is 11.3. The fourth-order valence-electron chi connectivity index (χ4n) is 1.15. The molecule has 2 heteroatoms. The van der Waals surface area contributed by atoms with Gasteiger partial charge in [-0.25, -0.2) is 0 Å². The number of hydrogen-bond acceptors (Lipinski definition) is 2. The van der Waals surface area contributed by atoms with Gasteiger partial charge in [0.1, 0.15) is 12.1 Å². The highest BCUT2D eigenvalue weighted by molar-refractivity contribution is 5.93. The highest BCUT2D eigenvalue weighted by Gasteiger charge is 2.14. The van der Waals surface area contributed by atoms with Crippen LogP contribution < -0.4 is 0 Å². The molecule has 0 aromatic rings. The lowest BCUT2D eigenvalue weighted by Gasteiger charge is -2.06. The van der Waals surface area contributed by atoms with Crippen molar-refractivity contribution < 1.29 is 9.59 Å². The number of carbonyl (C=O) groups excluding carboxylic acids is 2. The normalized spacial score (nSPS) is 12.5. The fourth-order valence-corrected chi connectivity index (χ4v) is 1.15. The molecule has 0 aliphatic heterocycles. The quantitative estimate of drug-likeness (QED) is 0.434. The molecule has 0 saturated heterocycles. The number of ketones is 1. The topological polar surface area (TPSA) is 34.1 Å². The Labute approximate surface area is 74.3 Å². The van der Waals surface area contributed by atoms with Crippen LogP contribution in [0.2, 0.25) is 0 Å². The van der Waals surface area contributed by atoms with Gasteiger partial charge >= 0.3 is 0 Å². The SMILES string of the molecule is CCCCC(=O)C(C=O)CCC. The molecule has 0 aliphatic carbocycles. The molecule has 1 atom stereocenters. The molecular formula is C10H18O2. The van der Waals surface area contributed by atoms with Crippen LogP contribution >= 0.6 is 0 Å². The lowest BCUT2D eigenvalue weighted by atomic mass is 9.97. The van der Waals surface area contributed by atoms with Crippen LogP contribution in [0.25, 0.3) is 0 Å². The third-order valence-corrected chi connectivity index (χ3v) is 1.95. The molecule has 0 amide bonds. The zero-order chi connectivity index (χ0) is 9.40. The Morgan fingerprint density at radius 2 is 2.00 bits per heavy atom. The summed E-state index contributed by atoms with van der Waals surface area (Å²) < 4.78 is 0. The molecule has 0 fully saturated rings. The first-order valence-corrected chi connectivity index (χ1v) is 4.74. The van der Waals surface area contributed by atoms with Crippen molar-refractivity contribution in [1.29, 1.82) is 0 Å². The first kappa shape index (κ1) is 11.3. The Balaban J connectivity index is 3.77.